The van der Waals surface area contributed by atoms with Gasteiger partial charge in [-0.2, -0.15) is 0 Å². The molecule has 1 aliphatic rings. The van der Waals surface area contributed by atoms with Crippen LogP contribution in [0.15, 0.2) is 43.0 Å². The highest BCUT2D eigenvalue weighted by molar-refractivity contribution is 6.05. The predicted octanol–water partition coefficient (Wildman–Crippen LogP) is 1.71. The Balaban J connectivity index is 1.41. The molecule has 12 heteroatoms. The molecule has 0 aliphatic carbocycles. The molecule has 0 bridgehead atoms. The molecule has 0 saturated heterocycles. The Bertz CT molecular complexity index is 1290. The average molecular weight is 447 g/mol. The van der Waals surface area contributed by atoms with Crippen LogP contribution in [-0.4, -0.2) is 66.2 Å². The highest BCUT2D eigenvalue weighted by Crippen LogP contribution is 2.31. The maximum atomic E-state index is 13.0. The number of methoxy groups -OCH3 is 2. The third-order valence-corrected chi connectivity index (χ3v) is 5.31. The monoisotopic (exact) mass is 447 g/mol. The summed E-state index contributed by atoms with van der Waals surface area (Å²) in [7, 11) is 3.12. The van der Waals surface area contributed by atoms with Gasteiger partial charge in [-0.05, 0) is 18.6 Å². The fraction of sp³-hybridized carbons (Fsp3) is 0.286. The number of aromatic nitrogens is 8. The molecule has 1 aliphatic heterocycles. The van der Waals surface area contributed by atoms with Gasteiger partial charge >= 0.3 is 0 Å². The van der Waals surface area contributed by atoms with Crippen LogP contribution in [0.4, 0.5) is 5.82 Å². The van der Waals surface area contributed by atoms with Crippen LogP contribution in [0.5, 0.6) is 5.88 Å². The number of nitrogens with zero attached hydrogens (tertiary/aromatic N) is 8. The highest BCUT2D eigenvalue weighted by atomic mass is 16.5. The SMILES string of the molecule is COC[C@H]1CCc2nnc(-c3cccc(NC(=O)c4cn(-c5cnccn5)nc4OC)n3)n21. The Morgan fingerprint density at radius 1 is 1.24 bits per heavy atom. The summed E-state index contributed by atoms with van der Waals surface area (Å²) in [5, 5.41) is 15.7. The van der Waals surface area contributed by atoms with Gasteiger partial charge in [0.1, 0.15) is 22.9 Å². The summed E-state index contributed by atoms with van der Waals surface area (Å²) in [5.74, 6) is 2.12. The van der Waals surface area contributed by atoms with E-state index in [1.807, 2.05) is 6.07 Å². The first-order valence-corrected chi connectivity index (χ1v) is 10.3. The first-order chi connectivity index (χ1) is 16.2. The van der Waals surface area contributed by atoms with E-state index < -0.39 is 5.91 Å². The molecule has 5 heterocycles. The molecule has 4 aromatic rings. The van der Waals surface area contributed by atoms with Gasteiger partial charge in [0.15, 0.2) is 11.6 Å². The highest BCUT2D eigenvalue weighted by Gasteiger charge is 2.28. The summed E-state index contributed by atoms with van der Waals surface area (Å²) in [6, 6.07) is 5.50. The normalized spacial score (nSPS) is 14.8. The van der Waals surface area contributed by atoms with Crippen LogP contribution in [-0.2, 0) is 11.2 Å². The lowest BCUT2D eigenvalue weighted by molar-refractivity contribution is 0.102. The number of fused-ring (bicyclic) bond motifs is 1. The number of hydrogen-bond donors (Lipinski definition) is 1. The molecule has 4 aromatic heterocycles. The van der Waals surface area contributed by atoms with E-state index in [2.05, 4.69) is 40.1 Å². The van der Waals surface area contributed by atoms with Crippen molar-refractivity contribution in [1.29, 1.82) is 0 Å². The first-order valence-electron chi connectivity index (χ1n) is 10.3. The van der Waals surface area contributed by atoms with E-state index >= 15 is 0 Å². The number of carbonyl (C=O) groups excluding carboxylic acids is 1. The lowest BCUT2D eigenvalue weighted by Gasteiger charge is -2.14. The summed E-state index contributed by atoms with van der Waals surface area (Å²) in [6.07, 6.45) is 7.94. The summed E-state index contributed by atoms with van der Waals surface area (Å²) < 4.78 is 14.1. The lowest BCUT2D eigenvalue weighted by atomic mass is 10.2. The number of amides is 1. The summed E-state index contributed by atoms with van der Waals surface area (Å²) in [6.45, 7) is 0.573. The van der Waals surface area contributed by atoms with Gasteiger partial charge in [-0.25, -0.2) is 14.6 Å². The van der Waals surface area contributed by atoms with Crippen molar-refractivity contribution >= 4 is 11.7 Å². The number of pyridine rings is 1. The molecule has 0 radical (unpaired) electrons. The smallest absolute Gasteiger partial charge is 0.263 e. The van der Waals surface area contributed by atoms with Gasteiger partial charge in [0, 0.05) is 32.1 Å². The standard InChI is InChI=1S/C21H21N9O3/c1-32-12-13-6-7-17-26-27-19(30(13)17)15-4-3-5-16(24-15)25-20(31)14-11-29(28-21(14)33-2)18-10-22-8-9-23-18/h3-5,8-11,13H,6-7,12H2,1-2H3,(H,24,25,31)/t13-/m1/s1. The molecule has 1 atom stereocenters. The maximum Gasteiger partial charge on any atom is 0.263 e. The van der Waals surface area contributed by atoms with Crippen molar-refractivity contribution in [3.63, 3.8) is 0 Å². The Morgan fingerprint density at radius 3 is 2.94 bits per heavy atom. The van der Waals surface area contributed by atoms with Crippen molar-refractivity contribution in [2.24, 2.45) is 0 Å². The van der Waals surface area contributed by atoms with E-state index in [1.165, 1.54) is 30.4 Å². The minimum absolute atomic E-state index is 0.159. The first kappa shape index (κ1) is 20.7. The topological polar surface area (TPSA) is 135 Å². The van der Waals surface area contributed by atoms with Crippen LogP contribution in [0.3, 0.4) is 0 Å². The molecule has 33 heavy (non-hydrogen) atoms. The van der Waals surface area contributed by atoms with E-state index in [1.54, 1.807) is 25.4 Å². The average Bonchev–Trinajstić information content (AvgIpc) is 3.56. The second kappa shape index (κ2) is 8.74. The minimum Gasteiger partial charge on any atom is -0.479 e. The van der Waals surface area contributed by atoms with Crippen molar-refractivity contribution in [2.45, 2.75) is 18.9 Å². The number of anilines is 1. The molecule has 0 saturated carbocycles. The number of nitrogens with one attached hydrogen (secondary N) is 1. The van der Waals surface area contributed by atoms with Crippen LogP contribution in [0.1, 0.15) is 28.6 Å². The van der Waals surface area contributed by atoms with E-state index in [9.17, 15) is 4.79 Å². The molecule has 0 fully saturated rings. The largest absolute Gasteiger partial charge is 0.479 e. The van der Waals surface area contributed by atoms with Crippen molar-refractivity contribution in [2.75, 3.05) is 26.1 Å². The molecule has 168 valence electrons. The number of aryl methyl sites for hydroxylation is 1. The predicted molar refractivity (Wildman–Crippen MR) is 116 cm³/mol. The lowest BCUT2D eigenvalue weighted by Crippen LogP contribution is -2.14. The van der Waals surface area contributed by atoms with Gasteiger partial charge in [-0.15, -0.1) is 15.3 Å². The van der Waals surface area contributed by atoms with Crippen LogP contribution >= 0.6 is 0 Å². The minimum atomic E-state index is -0.421. The molecule has 1 amide bonds. The molecular weight excluding hydrogens is 426 g/mol. The van der Waals surface area contributed by atoms with Gasteiger partial charge < -0.3 is 19.4 Å². The summed E-state index contributed by atoms with van der Waals surface area (Å²) in [4.78, 5) is 25.8. The zero-order chi connectivity index (χ0) is 22.8. The molecule has 0 unspecified atom stereocenters. The number of hydrogen-bond acceptors (Lipinski definition) is 9. The third kappa shape index (κ3) is 3.91. The van der Waals surface area contributed by atoms with Gasteiger partial charge in [0.25, 0.3) is 5.91 Å². The fourth-order valence-electron chi connectivity index (χ4n) is 3.83. The second-order valence-corrected chi connectivity index (χ2v) is 7.38. The number of ether oxygens (including phenoxy) is 2. The zero-order valence-electron chi connectivity index (χ0n) is 18.0. The van der Waals surface area contributed by atoms with Crippen LogP contribution in [0.2, 0.25) is 0 Å². The van der Waals surface area contributed by atoms with E-state index in [4.69, 9.17) is 9.47 Å². The summed E-state index contributed by atoms with van der Waals surface area (Å²) in [5.41, 5.74) is 0.843. The van der Waals surface area contributed by atoms with Crippen molar-refractivity contribution in [3.8, 4) is 23.2 Å². The Labute approximate surface area is 188 Å². The molecule has 1 N–H and O–H groups in total. The zero-order valence-corrected chi connectivity index (χ0v) is 18.0. The second-order valence-electron chi connectivity index (χ2n) is 7.38. The van der Waals surface area contributed by atoms with E-state index in [0.717, 1.165) is 18.7 Å². The Morgan fingerprint density at radius 2 is 2.15 bits per heavy atom. The van der Waals surface area contributed by atoms with Crippen molar-refractivity contribution < 1.29 is 14.3 Å². The Kier molecular flexibility index (Phi) is 5.48. The number of carbonyl (C=O) groups is 1. The molecular formula is C21H21N9O3. The molecule has 0 aromatic carbocycles. The van der Waals surface area contributed by atoms with Gasteiger partial charge in [0.05, 0.1) is 26.0 Å². The van der Waals surface area contributed by atoms with E-state index in [-0.39, 0.29) is 17.5 Å². The van der Waals surface area contributed by atoms with Gasteiger partial charge in [0.2, 0.25) is 5.88 Å². The van der Waals surface area contributed by atoms with Crippen LogP contribution in [0.25, 0.3) is 17.3 Å². The van der Waals surface area contributed by atoms with Crippen molar-refractivity contribution in [1.82, 2.24) is 39.5 Å². The van der Waals surface area contributed by atoms with Crippen LogP contribution in [0, 0.1) is 0 Å². The third-order valence-electron chi connectivity index (χ3n) is 5.31. The maximum absolute atomic E-state index is 13.0. The molecule has 0 spiro atoms. The van der Waals surface area contributed by atoms with Gasteiger partial charge in [-0.1, -0.05) is 6.07 Å². The van der Waals surface area contributed by atoms with Crippen molar-refractivity contribution in [3.05, 3.63) is 54.4 Å². The molecule has 12 nitrogen and oxygen atoms in total. The Hall–Kier alpha value is -4.19. The fourth-order valence-corrected chi connectivity index (χ4v) is 3.83. The summed E-state index contributed by atoms with van der Waals surface area (Å²) >= 11 is 0. The number of rotatable bonds is 7. The van der Waals surface area contributed by atoms with Gasteiger partial charge in [-0.3, -0.25) is 9.78 Å². The quantitative estimate of drug-likeness (QED) is 0.449. The van der Waals surface area contributed by atoms with E-state index in [0.29, 0.717) is 29.8 Å². The molecule has 5 rings (SSSR count). The van der Waals surface area contributed by atoms with Crippen LogP contribution < -0.4 is 10.1 Å².